The van der Waals surface area contributed by atoms with Crippen molar-refractivity contribution in [1.82, 2.24) is 21.3 Å². The van der Waals surface area contributed by atoms with Gasteiger partial charge in [-0.2, -0.15) is 0 Å². The molecule has 0 aliphatic carbocycles. The third-order valence-corrected chi connectivity index (χ3v) is 7.05. The summed E-state index contributed by atoms with van der Waals surface area (Å²) >= 11 is 0. The number of nitrogens with two attached hydrogens (primary N) is 7. The molecular weight excluding hydrogens is 632 g/mol. The van der Waals surface area contributed by atoms with Crippen LogP contribution in [0.4, 0.5) is 0 Å². The molecule has 0 saturated carbocycles. The smallest absolute Gasteiger partial charge is 0.326 e. The molecule has 0 heterocycles. The lowest BCUT2D eigenvalue weighted by Gasteiger charge is -2.28. The molecule has 0 unspecified atom stereocenters. The Labute approximate surface area is 279 Å². The van der Waals surface area contributed by atoms with Crippen LogP contribution in [0, 0.1) is 5.92 Å². The number of aliphatic carboxylic acids is 1. The topological polar surface area (TPSA) is 393 Å². The summed E-state index contributed by atoms with van der Waals surface area (Å²) in [6.07, 6.45) is 1.53. The van der Waals surface area contributed by atoms with Crippen molar-refractivity contribution in [2.24, 2.45) is 61.0 Å². The molecule has 0 rings (SSSR count). The Morgan fingerprint density at radius 1 is 0.625 bits per heavy atom. The summed E-state index contributed by atoms with van der Waals surface area (Å²) in [4.78, 5) is 75.7. The predicted octanol–water partition coefficient (Wildman–Crippen LogP) is -5.46. The lowest BCUT2D eigenvalue weighted by atomic mass is 9.97. The Hall–Kier alpha value is -4.92. The second-order valence-corrected chi connectivity index (χ2v) is 11.0. The van der Waals surface area contributed by atoms with Gasteiger partial charge in [0.2, 0.25) is 23.6 Å². The zero-order valence-electron chi connectivity index (χ0n) is 27.6. The maximum Gasteiger partial charge on any atom is 0.326 e. The lowest BCUT2D eigenvalue weighted by molar-refractivity contribution is -0.143. The summed E-state index contributed by atoms with van der Waals surface area (Å²) in [7, 11) is 0. The Morgan fingerprint density at radius 2 is 1.04 bits per heavy atom. The molecule has 0 saturated heterocycles. The van der Waals surface area contributed by atoms with Crippen molar-refractivity contribution in [3.63, 3.8) is 0 Å². The molecule has 4 amide bonds. The third-order valence-electron chi connectivity index (χ3n) is 7.05. The number of nitrogens with zero attached hydrogens (tertiary/aromatic N) is 3. The van der Waals surface area contributed by atoms with Crippen LogP contribution in [0.3, 0.4) is 0 Å². The van der Waals surface area contributed by atoms with Crippen LogP contribution < -0.4 is 61.4 Å². The fourth-order valence-corrected chi connectivity index (χ4v) is 4.15. The van der Waals surface area contributed by atoms with Crippen LogP contribution in [0.15, 0.2) is 15.0 Å². The van der Waals surface area contributed by atoms with Gasteiger partial charge < -0.3 is 71.6 Å². The number of carbonyl (C=O) groups is 5. The SMILES string of the molecule is CC[C@H](C)[C@H](NC(=O)[C@H](CO)NC(=O)[C@H](CCCN=C(N)N)NC(=O)[C@@H](N)CCCN=C(N)N)C(=O)N[C@@H](CCCN=C(N)N)C(=O)O. The monoisotopic (exact) mass is 686 g/mol. The second-order valence-electron chi connectivity index (χ2n) is 11.0. The molecule has 0 aliphatic rings. The number of carboxylic acids is 1. The summed E-state index contributed by atoms with van der Waals surface area (Å²) in [5.41, 5.74) is 37.8. The highest BCUT2D eigenvalue weighted by molar-refractivity contribution is 5.95. The van der Waals surface area contributed by atoms with Crippen molar-refractivity contribution < 1.29 is 34.2 Å². The molecule has 0 aromatic heterocycles. The van der Waals surface area contributed by atoms with Gasteiger partial charge in [-0.05, 0) is 44.4 Å². The summed E-state index contributed by atoms with van der Waals surface area (Å²) in [5, 5.41) is 29.4. The van der Waals surface area contributed by atoms with Crippen molar-refractivity contribution in [1.29, 1.82) is 0 Å². The van der Waals surface area contributed by atoms with Crippen molar-refractivity contribution >= 4 is 47.5 Å². The lowest BCUT2D eigenvalue weighted by Crippen LogP contribution is -2.60. The van der Waals surface area contributed by atoms with Gasteiger partial charge >= 0.3 is 5.97 Å². The van der Waals surface area contributed by atoms with Crippen LogP contribution in [0.25, 0.3) is 0 Å². The minimum atomic E-state index is -1.54. The number of rotatable bonds is 24. The average molecular weight is 687 g/mol. The first-order chi connectivity index (χ1) is 22.5. The van der Waals surface area contributed by atoms with Gasteiger partial charge in [0.15, 0.2) is 17.9 Å². The second kappa shape index (κ2) is 23.4. The Bertz CT molecular complexity index is 1140. The molecule has 20 N–H and O–H groups in total. The van der Waals surface area contributed by atoms with Gasteiger partial charge in [-0.3, -0.25) is 34.2 Å². The van der Waals surface area contributed by atoms with E-state index < -0.39 is 72.3 Å². The fourth-order valence-electron chi connectivity index (χ4n) is 4.15. The third kappa shape index (κ3) is 18.3. The number of carboxylic acid groups (broad SMARTS) is 1. The minimum absolute atomic E-state index is 0.00453. The van der Waals surface area contributed by atoms with E-state index in [9.17, 15) is 34.2 Å². The zero-order chi connectivity index (χ0) is 36.8. The first kappa shape index (κ1) is 43.1. The molecule has 0 aromatic carbocycles. The van der Waals surface area contributed by atoms with Crippen LogP contribution in [0.5, 0.6) is 0 Å². The van der Waals surface area contributed by atoms with E-state index in [4.69, 9.17) is 40.1 Å². The molecule has 0 spiro atoms. The number of aliphatic hydroxyl groups is 1. The summed E-state index contributed by atoms with van der Waals surface area (Å²) < 4.78 is 0. The van der Waals surface area contributed by atoms with Gasteiger partial charge in [-0.15, -0.1) is 0 Å². The zero-order valence-corrected chi connectivity index (χ0v) is 27.6. The minimum Gasteiger partial charge on any atom is -0.480 e. The molecule has 21 heteroatoms. The number of carbonyl (C=O) groups excluding carboxylic acids is 4. The number of aliphatic imine (C=N–C) groups is 3. The molecule has 0 aliphatic heterocycles. The van der Waals surface area contributed by atoms with Crippen LogP contribution in [0.2, 0.25) is 0 Å². The quantitative estimate of drug-likeness (QED) is 0.0256. The molecule has 0 fully saturated rings. The Morgan fingerprint density at radius 3 is 1.48 bits per heavy atom. The first-order valence-corrected chi connectivity index (χ1v) is 15.5. The number of guanidine groups is 3. The van der Waals surface area contributed by atoms with Gasteiger partial charge in [0.25, 0.3) is 0 Å². The van der Waals surface area contributed by atoms with Gasteiger partial charge in [0.1, 0.15) is 24.2 Å². The number of amides is 4. The summed E-state index contributed by atoms with van der Waals surface area (Å²) in [6.45, 7) is 3.07. The van der Waals surface area contributed by atoms with Crippen LogP contribution >= 0.6 is 0 Å². The number of aliphatic hydroxyl groups excluding tert-OH is 1. The first-order valence-electron chi connectivity index (χ1n) is 15.5. The highest BCUT2D eigenvalue weighted by atomic mass is 16.4. The molecule has 48 heavy (non-hydrogen) atoms. The van der Waals surface area contributed by atoms with E-state index in [2.05, 4.69) is 36.2 Å². The number of hydrogen-bond donors (Lipinski definition) is 13. The molecule has 0 bridgehead atoms. The maximum absolute atomic E-state index is 13.3. The van der Waals surface area contributed by atoms with E-state index in [1.54, 1.807) is 13.8 Å². The van der Waals surface area contributed by atoms with Crippen LogP contribution in [-0.2, 0) is 24.0 Å². The van der Waals surface area contributed by atoms with E-state index in [-0.39, 0.29) is 69.6 Å². The maximum atomic E-state index is 13.3. The van der Waals surface area contributed by atoms with E-state index in [1.165, 1.54) is 0 Å². The molecule has 0 radical (unpaired) electrons. The predicted molar refractivity (Wildman–Crippen MR) is 180 cm³/mol. The van der Waals surface area contributed by atoms with Crippen LogP contribution in [0.1, 0.15) is 58.8 Å². The molecule has 21 nitrogen and oxygen atoms in total. The highest BCUT2D eigenvalue weighted by Gasteiger charge is 2.33. The van der Waals surface area contributed by atoms with Gasteiger partial charge in [-0.1, -0.05) is 20.3 Å². The largest absolute Gasteiger partial charge is 0.480 e. The molecule has 0 aromatic rings. The van der Waals surface area contributed by atoms with Gasteiger partial charge in [-0.25, -0.2) is 4.79 Å². The van der Waals surface area contributed by atoms with Crippen molar-refractivity contribution in [2.45, 2.75) is 89.0 Å². The normalized spacial score (nSPS) is 14.4. The molecule has 274 valence electrons. The molecular formula is C27H54N14O7. The highest BCUT2D eigenvalue weighted by Crippen LogP contribution is 2.10. The number of hydrogen-bond acceptors (Lipinski definition) is 10. The van der Waals surface area contributed by atoms with E-state index in [0.717, 1.165) is 0 Å². The summed E-state index contributed by atoms with van der Waals surface area (Å²) in [6, 6.07) is -6.29. The van der Waals surface area contributed by atoms with Crippen molar-refractivity contribution in [3.8, 4) is 0 Å². The summed E-state index contributed by atoms with van der Waals surface area (Å²) in [5.74, 6) is -5.40. The molecule has 6 atom stereocenters. The van der Waals surface area contributed by atoms with Crippen LogP contribution in [-0.4, -0.2) is 114 Å². The van der Waals surface area contributed by atoms with E-state index in [0.29, 0.717) is 12.8 Å². The Balaban J connectivity index is 5.72. The van der Waals surface area contributed by atoms with Crippen molar-refractivity contribution in [2.75, 3.05) is 26.2 Å². The Kier molecular flexibility index (Phi) is 21.0. The van der Waals surface area contributed by atoms with Crippen molar-refractivity contribution in [3.05, 3.63) is 0 Å². The van der Waals surface area contributed by atoms with Gasteiger partial charge in [0, 0.05) is 19.6 Å². The standard InChI is InChI=1S/C27H54N14O7/c1-3-14(2)19(23(46)39-17(24(47)48)9-6-12-37-27(33)34)41-22(45)18(13-42)40-21(44)16(8-5-11-36-26(31)32)38-20(43)15(28)7-4-10-35-25(29)30/h14-19,42H,3-13,28H2,1-2H3,(H,38,43)(H,39,46)(H,40,44)(H,41,45)(H,47,48)(H4,29,30,35)(H4,31,32,36)(H4,33,34,37)/t14-,15-,16-,17-,18-,19-/m0/s1. The van der Waals surface area contributed by atoms with Gasteiger partial charge in [0.05, 0.1) is 12.6 Å². The fraction of sp³-hybridized carbons (Fsp3) is 0.704. The average Bonchev–Trinajstić information content (AvgIpc) is 3.01. The number of nitrogens with one attached hydrogen (secondary N) is 4. The van der Waals surface area contributed by atoms with E-state index >= 15 is 0 Å². The van der Waals surface area contributed by atoms with E-state index in [1.807, 2.05) is 0 Å².